The lowest BCUT2D eigenvalue weighted by Crippen LogP contribution is -2.40. The third-order valence-corrected chi connectivity index (χ3v) is 6.45. The van der Waals surface area contributed by atoms with Gasteiger partial charge in [0.25, 0.3) is 0 Å². The van der Waals surface area contributed by atoms with Crippen LogP contribution in [-0.2, 0) is 16.6 Å². The first-order valence-electron chi connectivity index (χ1n) is 9.21. The number of nitrogens with zero attached hydrogens (tertiary/aromatic N) is 1. The number of halogens is 1. The van der Waals surface area contributed by atoms with Gasteiger partial charge in [-0.05, 0) is 43.8 Å². The first-order valence-corrected chi connectivity index (χ1v) is 11.6. The Morgan fingerprint density at radius 3 is 2.31 bits per heavy atom. The van der Waals surface area contributed by atoms with Gasteiger partial charge in [-0.25, -0.2) is 18.1 Å². The van der Waals surface area contributed by atoms with Crippen LogP contribution in [0.4, 0.5) is 0 Å². The molecule has 0 spiro atoms. The Morgan fingerprint density at radius 1 is 1.07 bits per heavy atom. The average Bonchev–Trinajstić information content (AvgIpc) is 2.71. The molecule has 3 N–H and O–H groups in total. The van der Waals surface area contributed by atoms with Crippen LogP contribution in [0.3, 0.4) is 0 Å². The van der Waals surface area contributed by atoms with Gasteiger partial charge in [0, 0.05) is 23.2 Å². The zero-order valence-electron chi connectivity index (χ0n) is 16.9. The van der Waals surface area contributed by atoms with E-state index in [1.54, 1.807) is 24.3 Å². The van der Waals surface area contributed by atoms with Crippen molar-refractivity contribution in [1.29, 1.82) is 0 Å². The zero-order valence-corrected chi connectivity index (χ0v) is 20.8. The second-order valence-corrected chi connectivity index (χ2v) is 9.57. The number of rotatable bonds is 9. The molecular formula is C20H29IN4O2S2. The normalized spacial score (nSPS) is 12.7. The minimum absolute atomic E-state index is 0. The third kappa shape index (κ3) is 8.93. The maximum absolute atomic E-state index is 11.8. The maximum atomic E-state index is 11.8. The van der Waals surface area contributed by atoms with E-state index in [4.69, 9.17) is 0 Å². The summed E-state index contributed by atoms with van der Waals surface area (Å²) in [5, 5.41) is 6.99. The van der Waals surface area contributed by atoms with Crippen LogP contribution in [0.25, 0.3) is 0 Å². The van der Waals surface area contributed by atoms with E-state index in [1.807, 2.05) is 36.9 Å². The highest BCUT2D eigenvalue weighted by Gasteiger charge is 2.10. The largest absolute Gasteiger partial charge is 0.357 e. The van der Waals surface area contributed by atoms with Crippen molar-refractivity contribution in [3.05, 3.63) is 60.2 Å². The van der Waals surface area contributed by atoms with Crippen molar-refractivity contribution in [2.45, 2.75) is 35.4 Å². The van der Waals surface area contributed by atoms with Crippen LogP contribution in [0.2, 0.25) is 0 Å². The maximum Gasteiger partial charge on any atom is 0.240 e. The standard InChI is InChI=1S/C20H28N4O2S2.HI/c1-4-22-20(23-14-16(2)27-18-8-6-5-7-9-18)24-15-17-10-12-19(13-11-17)28(25,26)21-3;/h5-13,16,21H,4,14-15H2,1-3H3,(H2,22,23,24);1H. The molecule has 0 aliphatic carbocycles. The van der Waals surface area contributed by atoms with Gasteiger partial charge in [-0.15, -0.1) is 35.7 Å². The monoisotopic (exact) mass is 548 g/mol. The summed E-state index contributed by atoms with van der Waals surface area (Å²) in [5.74, 6) is 0.745. The first kappa shape index (κ1) is 25.7. The van der Waals surface area contributed by atoms with Crippen LogP contribution >= 0.6 is 35.7 Å². The highest BCUT2D eigenvalue weighted by atomic mass is 127. The fraction of sp³-hybridized carbons (Fsp3) is 0.350. The number of hydrogen-bond acceptors (Lipinski definition) is 4. The number of nitrogens with one attached hydrogen (secondary N) is 3. The summed E-state index contributed by atoms with van der Waals surface area (Å²) in [6.45, 7) is 6.22. The van der Waals surface area contributed by atoms with Gasteiger partial charge < -0.3 is 10.6 Å². The van der Waals surface area contributed by atoms with Crippen LogP contribution in [0, 0.1) is 0 Å². The Balaban J connectivity index is 0.00000420. The van der Waals surface area contributed by atoms with E-state index in [0.717, 1.165) is 24.6 Å². The summed E-state index contributed by atoms with van der Waals surface area (Å²) in [6.07, 6.45) is 0. The van der Waals surface area contributed by atoms with E-state index < -0.39 is 10.0 Å². The Labute approximate surface area is 195 Å². The average molecular weight is 549 g/mol. The Morgan fingerprint density at radius 2 is 1.72 bits per heavy atom. The molecule has 2 aromatic carbocycles. The fourth-order valence-corrected chi connectivity index (χ4v) is 4.09. The number of guanidine groups is 1. The van der Waals surface area contributed by atoms with Gasteiger partial charge >= 0.3 is 0 Å². The van der Waals surface area contributed by atoms with Crippen LogP contribution in [0.15, 0.2) is 69.4 Å². The van der Waals surface area contributed by atoms with E-state index in [9.17, 15) is 8.42 Å². The zero-order chi connectivity index (χ0) is 20.4. The number of aliphatic imine (C=N–C) groups is 1. The molecule has 160 valence electrons. The molecule has 0 bridgehead atoms. The number of thioether (sulfide) groups is 1. The molecule has 0 fully saturated rings. The van der Waals surface area contributed by atoms with Gasteiger partial charge in [-0.1, -0.05) is 37.3 Å². The van der Waals surface area contributed by atoms with Crippen LogP contribution < -0.4 is 15.4 Å². The summed E-state index contributed by atoms with van der Waals surface area (Å²) in [7, 11) is -2.01. The molecule has 0 amide bonds. The lowest BCUT2D eigenvalue weighted by Gasteiger charge is -2.15. The molecule has 0 heterocycles. The Bertz CT molecular complexity index is 860. The van der Waals surface area contributed by atoms with Gasteiger partial charge in [0.2, 0.25) is 10.0 Å². The molecule has 0 aliphatic heterocycles. The topological polar surface area (TPSA) is 82.6 Å². The lowest BCUT2D eigenvalue weighted by molar-refractivity contribution is 0.588. The molecule has 1 unspecified atom stereocenters. The summed E-state index contributed by atoms with van der Waals surface area (Å²) in [5.41, 5.74) is 0.943. The molecule has 0 radical (unpaired) electrons. The Hall–Kier alpha value is -1.30. The summed E-state index contributed by atoms with van der Waals surface area (Å²) < 4.78 is 25.9. The van der Waals surface area contributed by atoms with Crippen molar-refractivity contribution in [3.63, 3.8) is 0 Å². The second kappa shape index (κ2) is 13.1. The minimum Gasteiger partial charge on any atom is -0.357 e. The highest BCUT2D eigenvalue weighted by Crippen LogP contribution is 2.21. The molecule has 0 aliphatic rings. The fourth-order valence-electron chi connectivity index (χ4n) is 2.42. The SMILES string of the molecule is CCNC(=NCc1ccc(S(=O)(=O)NC)cc1)NCC(C)Sc1ccccc1.I. The smallest absolute Gasteiger partial charge is 0.240 e. The van der Waals surface area contributed by atoms with Crippen molar-refractivity contribution in [3.8, 4) is 0 Å². The van der Waals surface area contributed by atoms with Crippen LogP contribution in [0.5, 0.6) is 0 Å². The molecule has 2 aromatic rings. The molecule has 1 atom stereocenters. The van der Waals surface area contributed by atoms with Crippen molar-refractivity contribution in [2.24, 2.45) is 4.99 Å². The van der Waals surface area contributed by atoms with Gasteiger partial charge in [0.05, 0.1) is 11.4 Å². The van der Waals surface area contributed by atoms with E-state index in [2.05, 4.69) is 39.4 Å². The van der Waals surface area contributed by atoms with Crippen LogP contribution in [0.1, 0.15) is 19.4 Å². The van der Waals surface area contributed by atoms with Gasteiger partial charge in [-0.2, -0.15) is 0 Å². The Kier molecular flexibility index (Phi) is 11.6. The molecule has 0 saturated heterocycles. The third-order valence-electron chi connectivity index (χ3n) is 3.90. The molecule has 2 rings (SSSR count). The van der Waals surface area contributed by atoms with E-state index in [1.165, 1.54) is 11.9 Å². The van der Waals surface area contributed by atoms with E-state index in [-0.39, 0.29) is 28.9 Å². The van der Waals surface area contributed by atoms with E-state index >= 15 is 0 Å². The van der Waals surface area contributed by atoms with Crippen LogP contribution in [-0.4, -0.2) is 39.8 Å². The van der Waals surface area contributed by atoms with Gasteiger partial charge in [-0.3, -0.25) is 0 Å². The quantitative estimate of drug-likeness (QED) is 0.194. The van der Waals surface area contributed by atoms with Crippen molar-refractivity contribution < 1.29 is 8.42 Å². The molecule has 6 nitrogen and oxygen atoms in total. The second-order valence-electron chi connectivity index (χ2n) is 6.17. The molecule has 0 aromatic heterocycles. The van der Waals surface area contributed by atoms with Crippen molar-refractivity contribution in [2.75, 3.05) is 20.1 Å². The summed E-state index contributed by atoms with van der Waals surface area (Å²) in [4.78, 5) is 6.09. The summed E-state index contributed by atoms with van der Waals surface area (Å²) >= 11 is 1.82. The lowest BCUT2D eigenvalue weighted by atomic mass is 10.2. The van der Waals surface area contributed by atoms with Crippen molar-refractivity contribution in [1.82, 2.24) is 15.4 Å². The minimum atomic E-state index is -3.41. The van der Waals surface area contributed by atoms with E-state index in [0.29, 0.717) is 11.8 Å². The highest BCUT2D eigenvalue weighted by molar-refractivity contribution is 14.0. The predicted octanol–water partition coefficient (Wildman–Crippen LogP) is 3.45. The van der Waals surface area contributed by atoms with Gasteiger partial charge in [0.1, 0.15) is 0 Å². The molecule has 29 heavy (non-hydrogen) atoms. The first-order chi connectivity index (χ1) is 13.4. The predicted molar refractivity (Wildman–Crippen MR) is 133 cm³/mol. The number of sulfonamides is 1. The molecule has 9 heteroatoms. The number of hydrogen-bond donors (Lipinski definition) is 3. The molecular weight excluding hydrogens is 519 g/mol. The summed E-state index contributed by atoms with van der Waals surface area (Å²) in [6, 6.07) is 17.1. The number of benzene rings is 2. The van der Waals surface area contributed by atoms with Gasteiger partial charge in [0.15, 0.2) is 5.96 Å². The molecule has 0 saturated carbocycles. The van der Waals surface area contributed by atoms with Crippen molar-refractivity contribution >= 4 is 51.7 Å².